The van der Waals surface area contributed by atoms with Gasteiger partial charge in [0, 0.05) is 6.42 Å². The van der Waals surface area contributed by atoms with Crippen molar-refractivity contribution in [2.45, 2.75) is 63.8 Å². The Morgan fingerprint density at radius 2 is 1.88 bits per heavy atom. The van der Waals surface area contributed by atoms with E-state index < -0.39 is 24.1 Å². The van der Waals surface area contributed by atoms with Gasteiger partial charge in [0.05, 0.1) is 24.9 Å². The molecule has 96 valence electrons. The van der Waals surface area contributed by atoms with Crippen molar-refractivity contribution in [1.82, 2.24) is 0 Å². The minimum absolute atomic E-state index is 0.266. The lowest BCUT2D eigenvalue weighted by Crippen LogP contribution is -2.37. The Labute approximate surface area is 96.0 Å². The molecule has 0 bridgehead atoms. The van der Waals surface area contributed by atoms with Crippen molar-refractivity contribution in [3.05, 3.63) is 0 Å². The molecule has 0 radical (unpaired) electrons. The molecule has 4 atom stereocenters. The highest BCUT2D eigenvalue weighted by Crippen LogP contribution is 2.32. The zero-order chi connectivity index (χ0) is 12.3. The number of aliphatic hydroxyl groups is 3. The molecule has 0 amide bonds. The maximum absolute atomic E-state index is 9.80. The fourth-order valence-corrected chi connectivity index (χ4v) is 1.95. The Bertz CT molecular complexity index is 218. The van der Waals surface area contributed by atoms with Gasteiger partial charge in [-0.15, -0.1) is 0 Å². The largest absolute Gasteiger partial charge is 0.394 e. The van der Waals surface area contributed by atoms with Crippen molar-refractivity contribution < 1.29 is 24.8 Å². The number of aliphatic hydroxyl groups excluding tert-OH is 3. The van der Waals surface area contributed by atoms with Gasteiger partial charge in [-0.05, 0) is 20.3 Å². The molecule has 3 N–H and O–H groups in total. The highest BCUT2D eigenvalue weighted by Gasteiger charge is 2.44. The van der Waals surface area contributed by atoms with Gasteiger partial charge in [0.15, 0.2) is 5.79 Å². The third kappa shape index (κ3) is 3.40. The van der Waals surface area contributed by atoms with Gasteiger partial charge in [-0.1, -0.05) is 6.92 Å². The second-order valence-corrected chi connectivity index (χ2v) is 4.69. The number of ether oxygens (including phenoxy) is 2. The molecule has 16 heavy (non-hydrogen) atoms. The van der Waals surface area contributed by atoms with E-state index in [1.165, 1.54) is 0 Å². The van der Waals surface area contributed by atoms with Crippen LogP contribution in [0.1, 0.15) is 33.6 Å². The van der Waals surface area contributed by atoms with Gasteiger partial charge in [-0.25, -0.2) is 0 Å². The monoisotopic (exact) mass is 234 g/mol. The molecule has 5 nitrogen and oxygen atoms in total. The number of rotatable bonds is 5. The van der Waals surface area contributed by atoms with Crippen LogP contribution in [0.2, 0.25) is 0 Å². The summed E-state index contributed by atoms with van der Waals surface area (Å²) in [7, 11) is 0. The molecule has 0 aromatic rings. The highest BCUT2D eigenvalue weighted by atomic mass is 16.8. The van der Waals surface area contributed by atoms with Crippen LogP contribution in [0.15, 0.2) is 0 Å². The Hall–Kier alpha value is -0.200. The molecule has 0 aliphatic carbocycles. The average Bonchev–Trinajstić information content (AvgIpc) is 2.52. The Balaban J connectivity index is 2.64. The summed E-state index contributed by atoms with van der Waals surface area (Å²) < 4.78 is 11.2. The fraction of sp³-hybridized carbons (Fsp3) is 1.00. The lowest BCUT2D eigenvalue weighted by atomic mass is 10.0. The van der Waals surface area contributed by atoms with Crippen molar-refractivity contribution in [2.75, 3.05) is 6.61 Å². The smallest absolute Gasteiger partial charge is 0.163 e. The van der Waals surface area contributed by atoms with E-state index in [-0.39, 0.29) is 19.1 Å². The molecule has 1 rings (SSSR count). The molecule has 1 heterocycles. The normalized spacial score (nSPS) is 32.6. The molecule has 1 aliphatic heterocycles. The van der Waals surface area contributed by atoms with Gasteiger partial charge in [0.1, 0.15) is 6.10 Å². The van der Waals surface area contributed by atoms with Crippen LogP contribution in [0.5, 0.6) is 0 Å². The predicted octanol–water partition coefficient (Wildman–Crippen LogP) is 0.0207. The minimum Gasteiger partial charge on any atom is -0.394 e. The van der Waals surface area contributed by atoms with Gasteiger partial charge >= 0.3 is 0 Å². The van der Waals surface area contributed by atoms with E-state index >= 15 is 0 Å². The van der Waals surface area contributed by atoms with Crippen molar-refractivity contribution in [2.24, 2.45) is 0 Å². The van der Waals surface area contributed by atoms with Crippen molar-refractivity contribution >= 4 is 0 Å². The third-order valence-electron chi connectivity index (χ3n) is 2.73. The van der Waals surface area contributed by atoms with Crippen LogP contribution >= 0.6 is 0 Å². The van der Waals surface area contributed by atoms with Crippen molar-refractivity contribution in [1.29, 1.82) is 0 Å². The van der Waals surface area contributed by atoms with Crippen LogP contribution < -0.4 is 0 Å². The van der Waals surface area contributed by atoms with Crippen LogP contribution in [-0.2, 0) is 9.47 Å². The van der Waals surface area contributed by atoms with Crippen LogP contribution in [-0.4, -0.2) is 52.1 Å². The SMILES string of the molecule is CC[C@@H](O)C1OC(C)(C)OC1CC(O)CO. The minimum atomic E-state index is -0.839. The van der Waals surface area contributed by atoms with Gasteiger partial charge in [0.2, 0.25) is 0 Å². The first kappa shape index (κ1) is 13.9. The van der Waals surface area contributed by atoms with E-state index in [2.05, 4.69) is 0 Å². The molecule has 0 saturated carbocycles. The topological polar surface area (TPSA) is 79.2 Å². The molecular weight excluding hydrogens is 212 g/mol. The molecule has 0 aromatic heterocycles. The molecule has 3 unspecified atom stereocenters. The second kappa shape index (κ2) is 5.42. The summed E-state index contributed by atoms with van der Waals surface area (Å²) in [5.74, 6) is -0.749. The third-order valence-corrected chi connectivity index (χ3v) is 2.73. The molecule has 0 aromatic carbocycles. The first-order chi connectivity index (χ1) is 7.39. The maximum Gasteiger partial charge on any atom is 0.163 e. The van der Waals surface area contributed by atoms with Crippen LogP contribution in [0.4, 0.5) is 0 Å². The van der Waals surface area contributed by atoms with Crippen LogP contribution in [0.25, 0.3) is 0 Å². The second-order valence-electron chi connectivity index (χ2n) is 4.69. The number of hydrogen-bond acceptors (Lipinski definition) is 5. The Morgan fingerprint density at radius 1 is 1.25 bits per heavy atom. The first-order valence-electron chi connectivity index (χ1n) is 5.72. The fourth-order valence-electron chi connectivity index (χ4n) is 1.95. The van der Waals surface area contributed by atoms with Gasteiger partial charge in [-0.2, -0.15) is 0 Å². The summed E-state index contributed by atoms with van der Waals surface area (Å²) in [6.07, 6.45) is -1.45. The van der Waals surface area contributed by atoms with E-state index in [9.17, 15) is 10.2 Å². The van der Waals surface area contributed by atoms with E-state index in [0.717, 1.165) is 0 Å². The first-order valence-corrected chi connectivity index (χ1v) is 5.72. The molecule has 0 spiro atoms. The molecule has 1 saturated heterocycles. The summed E-state index contributed by atoms with van der Waals surface area (Å²) in [6.45, 7) is 5.09. The predicted molar refractivity (Wildman–Crippen MR) is 57.8 cm³/mol. The average molecular weight is 234 g/mol. The van der Waals surface area contributed by atoms with Gasteiger partial charge < -0.3 is 24.8 Å². The van der Waals surface area contributed by atoms with E-state index in [1.54, 1.807) is 13.8 Å². The molecular formula is C11H22O5. The van der Waals surface area contributed by atoms with Gasteiger partial charge in [-0.3, -0.25) is 0 Å². The Kier molecular flexibility index (Phi) is 4.70. The highest BCUT2D eigenvalue weighted by molar-refractivity contribution is 4.87. The van der Waals surface area contributed by atoms with E-state index in [1.807, 2.05) is 6.92 Å². The summed E-state index contributed by atoms with van der Waals surface area (Å²) in [5.41, 5.74) is 0. The lowest BCUT2D eigenvalue weighted by Gasteiger charge is -2.22. The zero-order valence-electron chi connectivity index (χ0n) is 10.1. The van der Waals surface area contributed by atoms with Crippen LogP contribution in [0, 0.1) is 0 Å². The lowest BCUT2D eigenvalue weighted by molar-refractivity contribution is -0.156. The Morgan fingerprint density at radius 3 is 2.38 bits per heavy atom. The molecule has 1 aliphatic rings. The standard InChI is InChI=1S/C11H22O5/c1-4-8(14)10-9(5-7(13)6-12)15-11(2,3)16-10/h7-10,12-14H,4-6H2,1-3H3/t7?,8-,9?,10?/m1/s1. The number of hydrogen-bond donors (Lipinski definition) is 3. The summed E-state index contributed by atoms with van der Waals surface area (Å²) in [5, 5.41) is 28.0. The van der Waals surface area contributed by atoms with Crippen molar-refractivity contribution in [3.8, 4) is 0 Å². The molecule has 1 fully saturated rings. The quantitative estimate of drug-likeness (QED) is 0.625. The van der Waals surface area contributed by atoms with Crippen molar-refractivity contribution in [3.63, 3.8) is 0 Å². The molecule has 5 heteroatoms. The van der Waals surface area contributed by atoms with Crippen LogP contribution in [0.3, 0.4) is 0 Å². The zero-order valence-corrected chi connectivity index (χ0v) is 10.1. The summed E-state index contributed by atoms with van der Waals surface area (Å²) in [6, 6.07) is 0. The van der Waals surface area contributed by atoms with E-state index in [4.69, 9.17) is 14.6 Å². The maximum atomic E-state index is 9.80. The summed E-state index contributed by atoms with van der Waals surface area (Å²) >= 11 is 0. The van der Waals surface area contributed by atoms with E-state index in [0.29, 0.717) is 6.42 Å². The summed E-state index contributed by atoms with van der Waals surface area (Å²) in [4.78, 5) is 0. The van der Waals surface area contributed by atoms with Gasteiger partial charge in [0.25, 0.3) is 0 Å².